The highest BCUT2D eigenvalue weighted by Gasteiger charge is 2.25. The van der Waals surface area contributed by atoms with Crippen molar-refractivity contribution in [2.24, 2.45) is 5.41 Å². The number of carboxylic acid groups (broad SMARTS) is 1. The second-order valence-corrected chi connectivity index (χ2v) is 6.23. The summed E-state index contributed by atoms with van der Waals surface area (Å²) in [7, 11) is 0. The first-order chi connectivity index (χ1) is 8.69. The fourth-order valence-corrected chi connectivity index (χ4v) is 2.09. The molecule has 0 atom stereocenters. The maximum absolute atomic E-state index is 11.9. The van der Waals surface area contributed by atoms with Gasteiger partial charge in [-0.25, -0.2) is 4.98 Å². The summed E-state index contributed by atoms with van der Waals surface area (Å²) in [6.07, 6.45) is 1.53. The van der Waals surface area contributed by atoms with E-state index in [2.05, 4.69) is 26.2 Å². The molecule has 0 fully saturated rings. The molecule has 1 aromatic rings. The number of nitrogens with one attached hydrogen (secondary N) is 1. The van der Waals surface area contributed by atoms with Gasteiger partial charge in [0.1, 0.15) is 0 Å². The van der Waals surface area contributed by atoms with E-state index < -0.39 is 11.4 Å². The lowest BCUT2D eigenvalue weighted by Gasteiger charge is -2.21. The lowest BCUT2D eigenvalue weighted by Crippen LogP contribution is -2.25. The van der Waals surface area contributed by atoms with Crippen LogP contribution < -0.4 is 5.32 Å². The van der Waals surface area contributed by atoms with E-state index in [1.165, 1.54) is 6.20 Å². The van der Waals surface area contributed by atoms with Gasteiger partial charge in [-0.1, -0.05) is 25.4 Å². The predicted octanol–water partition coefficient (Wildman–Crippen LogP) is 3.33. The standard InChI is InChI=1S/C12H14BrClN2O3/c1-12(2,5-10(18)19)4-9(17)16-8-3-7(13)6-15-11(8)14/h3,6H,4-5H2,1-2H3,(H,16,17)(H,18,19). The van der Waals surface area contributed by atoms with Crippen molar-refractivity contribution in [2.45, 2.75) is 26.7 Å². The third-order valence-corrected chi connectivity index (χ3v) is 3.08. The van der Waals surface area contributed by atoms with Crippen molar-refractivity contribution < 1.29 is 14.7 Å². The Morgan fingerprint density at radius 3 is 2.68 bits per heavy atom. The zero-order valence-electron chi connectivity index (χ0n) is 10.5. The van der Waals surface area contributed by atoms with E-state index in [0.717, 1.165) is 0 Å². The van der Waals surface area contributed by atoms with Crippen molar-refractivity contribution in [1.29, 1.82) is 0 Å². The van der Waals surface area contributed by atoms with Crippen molar-refractivity contribution in [3.63, 3.8) is 0 Å². The number of nitrogens with zero attached hydrogens (tertiary/aromatic N) is 1. The van der Waals surface area contributed by atoms with Crippen LogP contribution in [0.1, 0.15) is 26.7 Å². The predicted molar refractivity (Wildman–Crippen MR) is 76.2 cm³/mol. The second-order valence-electron chi connectivity index (χ2n) is 4.95. The van der Waals surface area contributed by atoms with Gasteiger partial charge in [-0.05, 0) is 27.4 Å². The molecule has 1 heterocycles. The van der Waals surface area contributed by atoms with Gasteiger partial charge in [0.25, 0.3) is 0 Å². The van der Waals surface area contributed by atoms with Gasteiger partial charge in [0.2, 0.25) is 5.91 Å². The number of hydrogen-bond donors (Lipinski definition) is 2. The molecule has 0 aliphatic rings. The number of carbonyl (C=O) groups excluding carboxylic acids is 1. The van der Waals surface area contributed by atoms with E-state index in [4.69, 9.17) is 16.7 Å². The number of hydrogen-bond acceptors (Lipinski definition) is 3. The van der Waals surface area contributed by atoms with Crippen LogP contribution in [0.4, 0.5) is 5.69 Å². The van der Waals surface area contributed by atoms with E-state index in [-0.39, 0.29) is 23.9 Å². The topological polar surface area (TPSA) is 79.3 Å². The number of aliphatic carboxylic acids is 1. The Morgan fingerprint density at radius 1 is 1.47 bits per heavy atom. The smallest absolute Gasteiger partial charge is 0.303 e. The quantitative estimate of drug-likeness (QED) is 0.799. The SMILES string of the molecule is CC(C)(CC(=O)O)CC(=O)Nc1cc(Br)cnc1Cl. The van der Waals surface area contributed by atoms with Crippen LogP contribution in [-0.2, 0) is 9.59 Å². The van der Waals surface area contributed by atoms with Crippen molar-refractivity contribution in [1.82, 2.24) is 4.98 Å². The van der Waals surface area contributed by atoms with Crippen LogP contribution in [0.5, 0.6) is 0 Å². The molecule has 1 rings (SSSR count). The number of carboxylic acids is 1. The molecule has 0 aliphatic carbocycles. The number of halogens is 2. The van der Waals surface area contributed by atoms with Gasteiger partial charge in [0.15, 0.2) is 5.15 Å². The van der Waals surface area contributed by atoms with Gasteiger partial charge >= 0.3 is 5.97 Å². The molecule has 0 bridgehead atoms. The van der Waals surface area contributed by atoms with Crippen LogP contribution in [-0.4, -0.2) is 22.0 Å². The first-order valence-corrected chi connectivity index (χ1v) is 6.69. The van der Waals surface area contributed by atoms with Crippen molar-refractivity contribution >= 4 is 45.1 Å². The molecule has 0 aromatic carbocycles. The van der Waals surface area contributed by atoms with Gasteiger partial charge in [-0.3, -0.25) is 9.59 Å². The highest BCUT2D eigenvalue weighted by atomic mass is 79.9. The summed E-state index contributed by atoms with van der Waals surface area (Å²) < 4.78 is 0.692. The molecule has 19 heavy (non-hydrogen) atoms. The van der Waals surface area contributed by atoms with E-state index in [0.29, 0.717) is 10.2 Å². The number of anilines is 1. The molecule has 0 spiro atoms. The average Bonchev–Trinajstić information content (AvgIpc) is 2.20. The van der Waals surface area contributed by atoms with Gasteiger partial charge in [-0.2, -0.15) is 0 Å². The maximum Gasteiger partial charge on any atom is 0.303 e. The molecule has 1 amide bonds. The van der Waals surface area contributed by atoms with Gasteiger partial charge in [-0.15, -0.1) is 0 Å². The average molecular weight is 350 g/mol. The molecule has 7 heteroatoms. The van der Waals surface area contributed by atoms with Crippen LogP contribution in [0.25, 0.3) is 0 Å². The largest absolute Gasteiger partial charge is 0.481 e. The monoisotopic (exact) mass is 348 g/mol. The van der Waals surface area contributed by atoms with E-state index in [9.17, 15) is 9.59 Å². The molecule has 1 aromatic heterocycles. The van der Waals surface area contributed by atoms with Crippen molar-refractivity contribution in [3.05, 3.63) is 21.9 Å². The lowest BCUT2D eigenvalue weighted by atomic mass is 9.85. The Hall–Kier alpha value is -1.14. The van der Waals surface area contributed by atoms with E-state index in [1.807, 2.05) is 0 Å². The third kappa shape index (κ3) is 5.57. The molecular formula is C12H14BrClN2O3. The van der Waals surface area contributed by atoms with Crippen LogP contribution in [0.3, 0.4) is 0 Å². The van der Waals surface area contributed by atoms with Crippen LogP contribution >= 0.6 is 27.5 Å². The third-order valence-electron chi connectivity index (χ3n) is 2.35. The molecule has 0 saturated heterocycles. The molecule has 104 valence electrons. The van der Waals surface area contributed by atoms with Crippen LogP contribution in [0, 0.1) is 5.41 Å². The number of aromatic nitrogens is 1. The Morgan fingerprint density at radius 2 is 2.11 bits per heavy atom. The zero-order chi connectivity index (χ0) is 14.6. The molecule has 5 nitrogen and oxygen atoms in total. The summed E-state index contributed by atoms with van der Waals surface area (Å²) in [6.45, 7) is 3.45. The minimum absolute atomic E-state index is 0.0785. The van der Waals surface area contributed by atoms with Crippen LogP contribution in [0.15, 0.2) is 16.7 Å². The van der Waals surface area contributed by atoms with Gasteiger partial charge < -0.3 is 10.4 Å². The van der Waals surface area contributed by atoms with E-state index in [1.54, 1.807) is 19.9 Å². The number of carbonyl (C=O) groups is 2. The Kier molecular flexibility index (Phi) is 5.31. The van der Waals surface area contributed by atoms with E-state index >= 15 is 0 Å². The minimum Gasteiger partial charge on any atom is -0.481 e. The number of pyridine rings is 1. The van der Waals surface area contributed by atoms with Crippen molar-refractivity contribution in [3.8, 4) is 0 Å². The van der Waals surface area contributed by atoms with Crippen molar-refractivity contribution in [2.75, 3.05) is 5.32 Å². The summed E-state index contributed by atoms with van der Waals surface area (Å²) in [4.78, 5) is 26.4. The highest BCUT2D eigenvalue weighted by molar-refractivity contribution is 9.10. The van der Waals surface area contributed by atoms with Crippen LogP contribution in [0.2, 0.25) is 5.15 Å². The zero-order valence-corrected chi connectivity index (χ0v) is 12.9. The lowest BCUT2D eigenvalue weighted by molar-refractivity contribution is -0.139. The second kappa shape index (κ2) is 6.34. The molecule has 0 aliphatic heterocycles. The fourth-order valence-electron chi connectivity index (χ4n) is 1.61. The first kappa shape index (κ1) is 15.9. The van der Waals surface area contributed by atoms with Gasteiger partial charge in [0.05, 0.1) is 12.1 Å². The molecule has 2 N–H and O–H groups in total. The summed E-state index contributed by atoms with van der Waals surface area (Å²) in [5.74, 6) is -1.23. The number of amides is 1. The molecule has 0 radical (unpaired) electrons. The molecule has 0 unspecified atom stereocenters. The Labute approximate surface area is 124 Å². The maximum atomic E-state index is 11.9. The normalized spacial score (nSPS) is 11.2. The minimum atomic E-state index is -0.931. The van der Waals surface area contributed by atoms with Gasteiger partial charge in [0, 0.05) is 17.1 Å². The highest BCUT2D eigenvalue weighted by Crippen LogP contribution is 2.27. The molecule has 0 saturated carbocycles. The fraction of sp³-hybridized carbons (Fsp3) is 0.417. The Balaban J connectivity index is 2.70. The first-order valence-electron chi connectivity index (χ1n) is 5.52. The number of rotatable bonds is 5. The summed E-state index contributed by atoms with van der Waals surface area (Å²) >= 11 is 9.09. The Bertz CT molecular complexity index is 506. The summed E-state index contributed by atoms with van der Waals surface area (Å²) in [6, 6.07) is 1.64. The molecular weight excluding hydrogens is 336 g/mol. The summed E-state index contributed by atoms with van der Waals surface area (Å²) in [5, 5.41) is 11.6. The summed E-state index contributed by atoms with van der Waals surface area (Å²) in [5.41, 5.74) is -0.228.